The minimum Gasteiger partial charge on any atom is -0.367 e. The zero-order valence-corrected chi connectivity index (χ0v) is 11.2. The molecule has 0 radical (unpaired) electrons. The van der Waals surface area contributed by atoms with Crippen LogP contribution in [0, 0.1) is 0 Å². The zero-order valence-electron chi connectivity index (χ0n) is 10.4. The van der Waals surface area contributed by atoms with Crippen molar-refractivity contribution in [3.05, 3.63) is 55.0 Å². The number of hydrogen-bond donors (Lipinski definition) is 1. The van der Waals surface area contributed by atoms with Crippen molar-refractivity contribution in [2.75, 3.05) is 17.6 Å². The van der Waals surface area contributed by atoms with Crippen LogP contribution in [0.1, 0.15) is 0 Å². The quantitative estimate of drug-likeness (QED) is 0.572. The SMILES string of the molecule is c1ccc(SCCNc2nccn3nccc23)cc1. The maximum absolute atomic E-state index is 4.34. The van der Waals surface area contributed by atoms with Gasteiger partial charge >= 0.3 is 0 Å². The molecular weight excluding hydrogens is 256 g/mol. The first-order valence-electron chi connectivity index (χ1n) is 6.13. The van der Waals surface area contributed by atoms with Crippen molar-refractivity contribution < 1.29 is 0 Å². The highest BCUT2D eigenvalue weighted by molar-refractivity contribution is 7.99. The molecule has 4 nitrogen and oxygen atoms in total. The third kappa shape index (κ3) is 2.88. The Kier molecular flexibility index (Phi) is 3.65. The Balaban J connectivity index is 1.57. The molecule has 0 aliphatic carbocycles. The Hall–Kier alpha value is -2.01. The molecule has 0 amide bonds. The molecule has 0 saturated heterocycles. The van der Waals surface area contributed by atoms with Crippen molar-refractivity contribution in [3.63, 3.8) is 0 Å². The van der Waals surface area contributed by atoms with Gasteiger partial charge < -0.3 is 5.32 Å². The second-order valence-corrected chi connectivity index (χ2v) is 5.19. The number of thioether (sulfide) groups is 1. The molecule has 0 fully saturated rings. The first-order valence-corrected chi connectivity index (χ1v) is 7.12. The number of benzene rings is 1. The fourth-order valence-electron chi connectivity index (χ4n) is 1.85. The molecule has 0 saturated carbocycles. The third-order valence-corrected chi connectivity index (χ3v) is 3.74. The van der Waals surface area contributed by atoms with Crippen LogP contribution in [0.3, 0.4) is 0 Å². The molecule has 5 heteroatoms. The number of nitrogens with one attached hydrogen (secondary N) is 1. The molecule has 96 valence electrons. The van der Waals surface area contributed by atoms with E-state index in [1.165, 1.54) is 4.90 Å². The monoisotopic (exact) mass is 270 g/mol. The van der Waals surface area contributed by atoms with Crippen LogP contribution in [-0.4, -0.2) is 26.9 Å². The van der Waals surface area contributed by atoms with E-state index in [-0.39, 0.29) is 0 Å². The summed E-state index contributed by atoms with van der Waals surface area (Å²) in [7, 11) is 0. The lowest BCUT2D eigenvalue weighted by atomic mass is 10.4. The summed E-state index contributed by atoms with van der Waals surface area (Å²) in [5, 5.41) is 7.54. The van der Waals surface area contributed by atoms with Gasteiger partial charge in [-0.25, -0.2) is 9.50 Å². The van der Waals surface area contributed by atoms with Gasteiger partial charge in [-0.3, -0.25) is 0 Å². The number of hydrogen-bond acceptors (Lipinski definition) is 4. The van der Waals surface area contributed by atoms with Crippen molar-refractivity contribution in [1.82, 2.24) is 14.6 Å². The van der Waals surface area contributed by atoms with Gasteiger partial charge in [-0.15, -0.1) is 11.8 Å². The smallest absolute Gasteiger partial charge is 0.152 e. The lowest BCUT2D eigenvalue weighted by molar-refractivity contribution is 0.944. The molecule has 0 aliphatic heterocycles. The van der Waals surface area contributed by atoms with E-state index >= 15 is 0 Å². The molecule has 2 aromatic heterocycles. The van der Waals surface area contributed by atoms with E-state index in [4.69, 9.17) is 0 Å². The second-order valence-electron chi connectivity index (χ2n) is 4.03. The van der Waals surface area contributed by atoms with Crippen LogP contribution >= 0.6 is 11.8 Å². The van der Waals surface area contributed by atoms with Crippen LogP contribution in [0.15, 0.2) is 59.9 Å². The van der Waals surface area contributed by atoms with Crippen LogP contribution in [0.2, 0.25) is 0 Å². The number of nitrogens with zero attached hydrogens (tertiary/aromatic N) is 3. The van der Waals surface area contributed by atoms with E-state index in [1.807, 2.05) is 34.6 Å². The lowest BCUT2D eigenvalue weighted by Gasteiger charge is -2.06. The summed E-state index contributed by atoms with van der Waals surface area (Å²) in [6.07, 6.45) is 5.38. The van der Waals surface area contributed by atoms with Gasteiger partial charge in [0.2, 0.25) is 0 Å². The Morgan fingerprint density at radius 2 is 2.00 bits per heavy atom. The minimum atomic E-state index is 0.872. The van der Waals surface area contributed by atoms with Crippen LogP contribution < -0.4 is 5.32 Å². The predicted octanol–water partition coefficient (Wildman–Crippen LogP) is 2.93. The summed E-state index contributed by atoms with van der Waals surface area (Å²) in [5.41, 5.74) is 1.01. The molecule has 0 spiro atoms. The fraction of sp³-hybridized carbons (Fsp3) is 0.143. The van der Waals surface area contributed by atoms with E-state index in [9.17, 15) is 0 Å². The highest BCUT2D eigenvalue weighted by Gasteiger charge is 2.01. The summed E-state index contributed by atoms with van der Waals surface area (Å²) >= 11 is 1.83. The number of rotatable bonds is 5. The van der Waals surface area contributed by atoms with Crippen LogP contribution in [-0.2, 0) is 0 Å². The van der Waals surface area contributed by atoms with E-state index in [0.29, 0.717) is 0 Å². The molecule has 1 aromatic carbocycles. The zero-order chi connectivity index (χ0) is 12.9. The van der Waals surface area contributed by atoms with Gasteiger partial charge in [0.05, 0.1) is 6.20 Å². The average Bonchev–Trinajstić information content (AvgIpc) is 2.94. The van der Waals surface area contributed by atoms with E-state index in [0.717, 1.165) is 23.6 Å². The predicted molar refractivity (Wildman–Crippen MR) is 78.6 cm³/mol. The molecule has 0 unspecified atom stereocenters. The number of anilines is 1. The van der Waals surface area contributed by atoms with Gasteiger partial charge in [-0.05, 0) is 18.2 Å². The van der Waals surface area contributed by atoms with Crippen LogP contribution in [0.4, 0.5) is 5.82 Å². The molecule has 19 heavy (non-hydrogen) atoms. The Bertz CT molecular complexity index is 651. The molecule has 2 heterocycles. The molecule has 3 aromatic rings. The average molecular weight is 270 g/mol. The van der Waals surface area contributed by atoms with Crippen molar-refractivity contribution >= 4 is 23.1 Å². The van der Waals surface area contributed by atoms with Gasteiger partial charge in [0, 0.05) is 29.6 Å². The van der Waals surface area contributed by atoms with Crippen molar-refractivity contribution in [2.24, 2.45) is 0 Å². The molecule has 3 rings (SSSR count). The van der Waals surface area contributed by atoms with Crippen LogP contribution in [0.5, 0.6) is 0 Å². The van der Waals surface area contributed by atoms with Gasteiger partial charge in [-0.1, -0.05) is 18.2 Å². The summed E-state index contributed by atoms with van der Waals surface area (Å²) in [5.74, 6) is 1.88. The van der Waals surface area contributed by atoms with Gasteiger partial charge in [0.15, 0.2) is 5.82 Å². The van der Waals surface area contributed by atoms with Crippen molar-refractivity contribution in [3.8, 4) is 0 Å². The van der Waals surface area contributed by atoms with E-state index < -0.39 is 0 Å². The standard InChI is InChI=1S/C14H14N4S/c1-2-4-12(5-3-1)19-11-9-16-14-13-6-7-17-18(13)10-8-15-14/h1-8,10H,9,11H2,(H,15,16). The van der Waals surface area contributed by atoms with Crippen molar-refractivity contribution in [1.29, 1.82) is 0 Å². The molecule has 1 N–H and O–H groups in total. The minimum absolute atomic E-state index is 0.872. The molecule has 0 bridgehead atoms. The highest BCUT2D eigenvalue weighted by Crippen LogP contribution is 2.17. The van der Waals surface area contributed by atoms with Crippen LogP contribution in [0.25, 0.3) is 5.52 Å². The first kappa shape index (κ1) is 12.0. The Morgan fingerprint density at radius 3 is 2.89 bits per heavy atom. The maximum atomic E-state index is 4.34. The summed E-state index contributed by atoms with van der Waals surface area (Å²) in [6, 6.07) is 12.4. The number of aromatic nitrogens is 3. The summed E-state index contributed by atoms with van der Waals surface area (Å²) in [4.78, 5) is 5.63. The summed E-state index contributed by atoms with van der Waals surface area (Å²) in [6.45, 7) is 0.872. The van der Waals surface area contributed by atoms with Crippen molar-refractivity contribution in [2.45, 2.75) is 4.90 Å². The normalized spacial score (nSPS) is 10.7. The fourth-order valence-corrected chi connectivity index (χ4v) is 2.64. The summed E-state index contributed by atoms with van der Waals surface area (Å²) < 4.78 is 1.82. The molecule has 0 aliphatic rings. The number of fused-ring (bicyclic) bond motifs is 1. The van der Waals surface area contributed by atoms with Gasteiger partial charge in [-0.2, -0.15) is 5.10 Å². The third-order valence-electron chi connectivity index (χ3n) is 2.73. The van der Waals surface area contributed by atoms with E-state index in [2.05, 4.69) is 39.7 Å². The topological polar surface area (TPSA) is 42.2 Å². The first-order chi connectivity index (χ1) is 9.43. The highest BCUT2D eigenvalue weighted by atomic mass is 32.2. The second kappa shape index (κ2) is 5.75. The lowest BCUT2D eigenvalue weighted by Crippen LogP contribution is -2.07. The Labute approximate surface area is 115 Å². The largest absolute Gasteiger partial charge is 0.367 e. The Morgan fingerprint density at radius 1 is 1.11 bits per heavy atom. The molecule has 0 atom stereocenters. The maximum Gasteiger partial charge on any atom is 0.152 e. The van der Waals surface area contributed by atoms with Gasteiger partial charge in [0.1, 0.15) is 5.52 Å². The van der Waals surface area contributed by atoms with Gasteiger partial charge in [0.25, 0.3) is 0 Å². The van der Waals surface area contributed by atoms with E-state index in [1.54, 1.807) is 12.4 Å². The molecular formula is C14H14N4S.